The molecule has 0 fully saturated rings. The van der Waals surface area contributed by atoms with Gasteiger partial charge in [-0.2, -0.15) is 0 Å². The number of carbonyl (C=O) groups excluding carboxylic acids is 1. The van der Waals surface area contributed by atoms with Crippen LogP contribution in [-0.2, 0) is 11.3 Å². The second-order valence-corrected chi connectivity index (χ2v) is 6.88. The minimum atomic E-state index is -0.0557. The number of pyridine rings is 1. The Kier molecular flexibility index (Phi) is 5.68. The van der Waals surface area contributed by atoms with Crippen LogP contribution in [-0.4, -0.2) is 31.4 Å². The van der Waals surface area contributed by atoms with E-state index in [4.69, 9.17) is 0 Å². The smallest absolute Gasteiger partial charge is 0.234 e. The molecule has 1 amide bonds. The molecule has 0 aliphatic heterocycles. The average molecular weight is 367 g/mol. The van der Waals surface area contributed by atoms with Crippen LogP contribution in [0.2, 0.25) is 0 Å². The molecule has 0 aliphatic carbocycles. The molecule has 7 heteroatoms. The van der Waals surface area contributed by atoms with Crippen molar-refractivity contribution in [3.63, 3.8) is 0 Å². The first-order valence-corrected chi connectivity index (χ1v) is 9.40. The highest BCUT2D eigenvalue weighted by Gasteiger charge is 2.15. The molecule has 2 heterocycles. The first-order valence-electron chi connectivity index (χ1n) is 8.42. The summed E-state index contributed by atoms with van der Waals surface area (Å²) in [5, 5.41) is 12.2. The largest absolute Gasteiger partial charge is 0.325 e. The molecule has 0 atom stereocenters. The van der Waals surface area contributed by atoms with E-state index < -0.39 is 0 Å². The molecule has 3 rings (SSSR count). The zero-order valence-electron chi connectivity index (χ0n) is 15.1. The Morgan fingerprint density at radius 1 is 1.15 bits per heavy atom. The lowest BCUT2D eigenvalue weighted by Crippen LogP contribution is -2.15. The summed E-state index contributed by atoms with van der Waals surface area (Å²) < 4.78 is 2.01. The van der Waals surface area contributed by atoms with Crippen molar-refractivity contribution in [2.45, 2.75) is 32.5 Å². The summed E-state index contributed by atoms with van der Waals surface area (Å²) in [6.45, 7) is 6.75. The van der Waals surface area contributed by atoms with Crippen molar-refractivity contribution in [1.29, 1.82) is 0 Å². The van der Waals surface area contributed by atoms with Gasteiger partial charge in [-0.05, 0) is 50.1 Å². The van der Waals surface area contributed by atoms with E-state index in [2.05, 4.69) is 20.5 Å². The van der Waals surface area contributed by atoms with Crippen molar-refractivity contribution in [3.05, 3.63) is 53.9 Å². The molecule has 1 N–H and O–H groups in total. The molecule has 3 aromatic rings. The summed E-state index contributed by atoms with van der Waals surface area (Å²) in [5.41, 5.74) is 3.97. The minimum absolute atomic E-state index is 0.0557. The molecule has 2 aromatic heterocycles. The molecule has 0 aliphatic rings. The fraction of sp³-hybridized carbons (Fsp3) is 0.263. The molecular weight excluding hydrogens is 346 g/mol. The van der Waals surface area contributed by atoms with Gasteiger partial charge in [0.2, 0.25) is 5.91 Å². The zero-order chi connectivity index (χ0) is 18.5. The lowest BCUT2D eigenvalue weighted by atomic mass is 10.1. The van der Waals surface area contributed by atoms with E-state index in [1.807, 2.05) is 55.7 Å². The first kappa shape index (κ1) is 18.1. The summed E-state index contributed by atoms with van der Waals surface area (Å²) >= 11 is 1.39. The van der Waals surface area contributed by atoms with Crippen LogP contribution in [0.4, 0.5) is 5.69 Å². The molecule has 134 valence electrons. The highest BCUT2D eigenvalue weighted by molar-refractivity contribution is 7.99. The van der Waals surface area contributed by atoms with E-state index in [1.54, 1.807) is 12.4 Å². The van der Waals surface area contributed by atoms with Gasteiger partial charge in [0.15, 0.2) is 11.0 Å². The van der Waals surface area contributed by atoms with E-state index >= 15 is 0 Å². The van der Waals surface area contributed by atoms with Gasteiger partial charge in [-0.25, -0.2) is 0 Å². The van der Waals surface area contributed by atoms with Gasteiger partial charge in [-0.1, -0.05) is 23.9 Å². The maximum Gasteiger partial charge on any atom is 0.234 e. The maximum absolute atomic E-state index is 12.3. The maximum atomic E-state index is 12.3. The molecule has 0 spiro atoms. The van der Waals surface area contributed by atoms with Crippen molar-refractivity contribution >= 4 is 23.4 Å². The first-order chi connectivity index (χ1) is 12.6. The van der Waals surface area contributed by atoms with E-state index in [0.717, 1.165) is 39.9 Å². The molecular formula is C19H21N5OS. The number of nitrogens with one attached hydrogen (secondary N) is 1. The van der Waals surface area contributed by atoms with Gasteiger partial charge in [-0.15, -0.1) is 10.2 Å². The summed E-state index contributed by atoms with van der Waals surface area (Å²) in [4.78, 5) is 16.4. The van der Waals surface area contributed by atoms with Crippen LogP contribution in [0, 0.1) is 13.8 Å². The summed E-state index contributed by atoms with van der Waals surface area (Å²) in [5.74, 6) is 1.01. The van der Waals surface area contributed by atoms with Crippen molar-refractivity contribution in [3.8, 4) is 11.4 Å². The van der Waals surface area contributed by atoms with E-state index in [-0.39, 0.29) is 11.7 Å². The summed E-state index contributed by atoms with van der Waals surface area (Å²) in [6, 6.07) is 9.82. The second kappa shape index (κ2) is 8.14. The third-order valence-corrected chi connectivity index (χ3v) is 4.94. The van der Waals surface area contributed by atoms with Crippen molar-refractivity contribution in [1.82, 2.24) is 19.7 Å². The highest BCUT2D eigenvalue weighted by atomic mass is 32.2. The van der Waals surface area contributed by atoms with Crippen LogP contribution < -0.4 is 5.32 Å². The molecule has 1 aromatic carbocycles. The number of anilines is 1. The van der Waals surface area contributed by atoms with Gasteiger partial charge in [0.1, 0.15) is 0 Å². The highest BCUT2D eigenvalue weighted by Crippen LogP contribution is 2.24. The van der Waals surface area contributed by atoms with E-state index in [0.29, 0.717) is 0 Å². The van der Waals surface area contributed by atoms with Crippen molar-refractivity contribution < 1.29 is 4.79 Å². The number of amides is 1. The number of hydrogen-bond acceptors (Lipinski definition) is 5. The third kappa shape index (κ3) is 4.11. The van der Waals surface area contributed by atoms with Crippen LogP contribution in [0.25, 0.3) is 11.4 Å². The molecule has 0 saturated carbocycles. The second-order valence-electron chi connectivity index (χ2n) is 5.94. The lowest BCUT2D eigenvalue weighted by molar-refractivity contribution is -0.113. The molecule has 26 heavy (non-hydrogen) atoms. The Hall–Kier alpha value is -2.67. The van der Waals surface area contributed by atoms with Crippen LogP contribution in [0.5, 0.6) is 0 Å². The van der Waals surface area contributed by atoms with Gasteiger partial charge in [0, 0.05) is 30.2 Å². The van der Waals surface area contributed by atoms with Crippen molar-refractivity contribution in [2.24, 2.45) is 0 Å². The number of benzene rings is 1. The monoisotopic (exact) mass is 367 g/mol. The van der Waals surface area contributed by atoms with Gasteiger partial charge < -0.3 is 9.88 Å². The summed E-state index contributed by atoms with van der Waals surface area (Å²) in [7, 11) is 0. The predicted octanol–water partition coefficient (Wildman–Crippen LogP) is 3.71. The Labute approximate surface area is 157 Å². The Morgan fingerprint density at radius 2 is 1.92 bits per heavy atom. The molecule has 6 nitrogen and oxygen atoms in total. The SMILES string of the molecule is CCn1c(SCC(=O)Nc2cc(C)ccc2C)nnc1-c1ccncc1. The summed E-state index contributed by atoms with van der Waals surface area (Å²) in [6.07, 6.45) is 3.46. The average Bonchev–Trinajstić information content (AvgIpc) is 3.06. The number of carbonyl (C=O) groups is 1. The predicted molar refractivity (Wildman–Crippen MR) is 104 cm³/mol. The normalized spacial score (nSPS) is 10.7. The zero-order valence-corrected chi connectivity index (χ0v) is 15.9. The van der Waals surface area contributed by atoms with Crippen LogP contribution in [0.3, 0.4) is 0 Å². The van der Waals surface area contributed by atoms with Crippen LogP contribution in [0.15, 0.2) is 47.9 Å². The van der Waals surface area contributed by atoms with E-state index in [9.17, 15) is 4.79 Å². The number of hydrogen-bond donors (Lipinski definition) is 1. The number of nitrogens with zero attached hydrogens (tertiary/aromatic N) is 4. The number of aryl methyl sites for hydroxylation is 2. The molecule has 0 unspecified atom stereocenters. The van der Waals surface area contributed by atoms with Crippen LogP contribution in [0.1, 0.15) is 18.1 Å². The molecule has 0 radical (unpaired) electrons. The van der Waals surface area contributed by atoms with Gasteiger partial charge >= 0.3 is 0 Å². The quantitative estimate of drug-likeness (QED) is 0.673. The fourth-order valence-corrected chi connectivity index (χ4v) is 3.38. The third-order valence-electron chi connectivity index (χ3n) is 3.97. The Morgan fingerprint density at radius 3 is 2.65 bits per heavy atom. The Balaban J connectivity index is 1.69. The van der Waals surface area contributed by atoms with Gasteiger partial charge in [0.25, 0.3) is 0 Å². The molecule has 0 bridgehead atoms. The van der Waals surface area contributed by atoms with Gasteiger partial charge in [-0.3, -0.25) is 9.78 Å². The number of thioether (sulfide) groups is 1. The number of aromatic nitrogens is 4. The number of rotatable bonds is 6. The van der Waals surface area contributed by atoms with Gasteiger partial charge in [0.05, 0.1) is 5.75 Å². The van der Waals surface area contributed by atoms with Crippen LogP contribution >= 0.6 is 11.8 Å². The topological polar surface area (TPSA) is 72.7 Å². The Bertz CT molecular complexity index is 908. The fourth-order valence-electron chi connectivity index (χ4n) is 2.58. The minimum Gasteiger partial charge on any atom is -0.325 e. The molecule has 0 saturated heterocycles. The van der Waals surface area contributed by atoms with Crippen molar-refractivity contribution in [2.75, 3.05) is 11.1 Å². The standard InChI is InChI=1S/C19H21N5OS/c1-4-24-18(15-7-9-20-10-8-15)22-23-19(24)26-12-17(25)21-16-11-13(2)5-6-14(16)3/h5-11H,4,12H2,1-3H3,(H,21,25). The van der Waals surface area contributed by atoms with E-state index in [1.165, 1.54) is 11.8 Å². The lowest BCUT2D eigenvalue weighted by Gasteiger charge is -2.10.